The average molecular weight is 194 g/mol. The first-order valence-corrected chi connectivity index (χ1v) is 4.56. The molecule has 0 aliphatic carbocycles. The van der Waals surface area contributed by atoms with Gasteiger partial charge in [-0.05, 0) is 24.7 Å². The van der Waals surface area contributed by atoms with E-state index in [4.69, 9.17) is 18.0 Å². The van der Waals surface area contributed by atoms with E-state index in [2.05, 4.69) is 31.2 Å². The molecule has 0 amide bonds. The van der Waals surface area contributed by atoms with Gasteiger partial charge in [0.25, 0.3) is 0 Å². The molecule has 0 aliphatic rings. The van der Waals surface area contributed by atoms with Crippen molar-refractivity contribution in [2.75, 3.05) is 7.05 Å². The van der Waals surface area contributed by atoms with Gasteiger partial charge in [0.05, 0.1) is 0 Å². The molecule has 3 heteroatoms. The summed E-state index contributed by atoms with van der Waals surface area (Å²) in [6.45, 7) is 2.84. The molecule has 2 nitrogen and oxygen atoms in total. The third-order valence-electron chi connectivity index (χ3n) is 1.92. The van der Waals surface area contributed by atoms with Crippen molar-refractivity contribution in [3.05, 3.63) is 35.4 Å². The van der Waals surface area contributed by atoms with E-state index in [1.165, 1.54) is 11.1 Å². The second-order valence-electron chi connectivity index (χ2n) is 3.18. The van der Waals surface area contributed by atoms with E-state index in [1.807, 2.05) is 11.9 Å². The fourth-order valence-electron chi connectivity index (χ4n) is 1.05. The highest BCUT2D eigenvalue weighted by atomic mass is 32.1. The smallest absolute Gasteiger partial charge is 0.166 e. The van der Waals surface area contributed by atoms with Crippen LogP contribution >= 0.6 is 12.2 Å². The Labute approximate surface area is 84.3 Å². The summed E-state index contributed by atoms with van der Waals surface area (Å²) in [6, 6.07) is 8.35. The molecular formula is C10H14N2S. The predicted octanol–water partition coefficient (Wildman–Crippen LogP) is 1.67. The fourth-order valence-corrected chi connectivity index (χ4v) is 1.11. The van der Waals surface area contributed by atoms with E-state index in [-0.39, 0.29) is 0 Å². The highest BCUT2D eigenvalue weighted by Gasteiger charge is 1.99. The number of hydrogen-bond donors (Lipinski definition) is 1. The van der Waals surface area contributed by atoms with Gasteiger partial charge < -0.3 is 10.6 Å². The molecule has 0 radical (unpaired) electrons. The largest absolute Gasteiger partial charge is 0.376 e. The normalized spacial score (nSPS) is 9.69. The fraction of sp³-hybridized carbons (Fsp3) is 0.300. The van der Waals surface area contributed by atoms with Gasteiger partial charge in [0.1, 0.15) is 0 Å². The van der Waals surface area contributed by atoms with Crippen LogP contribution in [0.3, 0.4) is 0 Å². The number of nitrogens with zero attached hydrogens (tertiary/aromatic N) is 1. The highest BCUT2D eigenvalue weighted by molar-refractivity contribution is 7.80. The third kappa shape index (κ3) is 3.03. The maximum Gasteiger partial charge on any atom is 0.166 e. The number of nitrogens with two attached hydrogens (primary N) is 1. The minimum Gasteiger partial charge on any atom is -0.376 e. The zero-order valence-corrected chi connectivity index (χ0v) is 8.77. The van der Waals surface area contributed by atoms with Crippen LogP contribution in [0.5, 0.6) is 0 Å². The van der Waals surface area contributed by atoms with Crippen LogP contribution in [0.25, 0.3) is 0 Å². The molecule has 1 rings (SSSR count). The lowest BCUT2D eigenvalue weighted by molar-refractivity contribution is 0.504. The summed E-state index contributed by atoms with van der Waals surface area (Å²) in [7, 11) is 1.89. The number of aryl methyl sites for hydroxylation is 1. The quantitative estimate of drug-likeness (QED) is 0.726. The maximum atomic E-state index is 5.47. The molecule has 0 fully saturated rings. The van der Waals surface area contributed by atoms with Crippen LogP contribution in [0, 0.1) is 6.92 Å². The van der Waals surface area contributed by atoms with E-state index in [0.717, 1.165) is 6.54 Å². The molecule has 0 atom stereocenters. The highest BCUT2D eigenvalue weighted by Crippen LogP contribution is 2.05. The van der Waals surface area contributed by atoms with Gasteiger partial charge >= 0.3 is 0 Å². The van der Waals surface area contributed by atoms with Gasteiger partial charge in [-0.2, -0.15) is 0 Å². The van der Waals surface area contributed by atoms with Crippen LogP contribution in [0.2, 0.25) is 0 Å². The SMILES string of the molecule is Cc1ccc(CN(C)C(N)=S)cc1. The molecule has 1 aromatic rings. The van der Waals surface area contributed by atoms with Gasteiger partial charge in [0, 0.05) is 13.6 Å². The first-order valence-electron chi connectivity index (χ1n) is 4.15. The Balaban J connectivity index is 2.64. The zero-order chi connectivity index (χ0) is 9.84. The van der Waals surface area contributed by atoms with Crippen molar-refractivity contribution < 1.29 is 0 Å². The topological polar surface area (TPSA) is 29.3 Å². The summed E-state index contributed by atoms with van der Waals surface area (Å²) in [5, 5.41) is 0.431. The first-order chi connectivity index (χ1) is 6.09. The lowest BCUT2D eigenvalue weighted by atomic mass is 10.1. The standard InChI is InChI=1S/C10H14N2S/c1-8-3-5-9(6-4-8)7-12(2)10(11)13/h3-6H,7H2,1-2H3,(H2,11,13). The van der Waals surface area contributed by atoms with Crippen LogP contribution in [-0.2, 0) is 6.54 Å². The molecule has 0 heterocycles. The summed E-state index contributed by atoms with van der Waals surface area (Å²) >= 11 is 4.85. The lowest BCUT2D eigenvalue weighted by Gasteiger charge is -2.16. The van der Waals surface area contributed by atoms with Crippen LogP contribution in [0.4, 0.5) is 0 Å². The van der Waals surface area contributed by atoms with E-state index < -0.39 is 0 Å². The Bertz CT molecular complexity index is 292. The van der Waals surface area contributed by atoms with Gasteiger partial charge in [-0.3, -0.25) is 0 Å². The molecule has 0 spiro atoms. The van der Waals surface area contributed by atoms with Crippen molar-refractivity contribution in [1.82, 2.24) is 4.90 Å². The molecule has 0 saturated carbocycles. The average Bonchev–Trinajstić information content (AvgIpc) is 2.08. The number of hydrogen-bond acceptors (Lipinski definition) is 1. The molecule has 13 heavy (non-hydrogen) atoms. The summed E-state index contributed by atoms with van der Waals surface area (Å²) in [5.74, 6) is 0. The second-order valence-corrected chi connectivity index (χ2v) is 3.60. The Hall–Kier alpha value is -1.09. The van der Waals surface area contributed by atoms with E-state index in [1.54, 1.807) is 0 Å². The van der Waals surface area contributed by atoms with Crippen LogP contribution in [-0.4, -0.2) is 17.1 Å². The number of thiocarbonyl (C=S) groups is 1. The molecule has 70 valence electrons. The van der Waals surface area contributed by atoms with Gasteiger partial charge in [0.2, 0.25) is 0 Å². The molecule has 0 aromatic heterocycles. The van der Waals surface area contributed by atoms with Crippen molar-refractivity contribution >= 4 is 17.3 Å². The first kappa shape index (κ1) is 9.99. The zero-order valence-electron chi connectivity index (χ0n) is 7.95. The molecule has 1 aromatic carbocycles. The Morgan fingerprint density at radius 1 is 1.38 bits per heavy atom. The molecule has 0 aliphatic heterocycles. The number of benzene rings is 1. The molecule has 0 saturated heterocycles. The Morgan fingerprint density at radius 2 is 1.92 bits per heavy atom. The number of rotatable bonds is 2. The van der Waals surface area contributed by atoms with Gasteiger partial charge in [-0.1, -0.05) is 29.8 Å². The van der Waals surface area contributed by atoms with Crippen LogP contribution < -0.4 is 5.73 Å². The van der Waals surface area contributed by atoms with Crippen molar-refractivity contribution in [2.24, 2.45) is 5.73 Å². The van der Waals surface area contributed by atoms with Crippen molar-refractivity contribution in [3.8, 4) is 0 Å². The van der Waals surface area contributed by atoms with Gasteiger partial charge in [0.15, 0.2) is 5.11 Å². The minimum absolute atomic E-state index is 0.431. The summed E-state index contributed by atoms with van der Waals surface area (Å²) < 4.78 is 0. The van der Waals surface area contributed by atoms with Crippen LogP contribution in [0.15, 0.2) is 24.3 Å². The van der Waals surface area contributed by atoms with Gasteiger partial charge in [-0.25, -0.2) is 0 Å². The lowest BCUT2D eigenvalue weighted by Crippen LogP contribution is -2.31. The summed E-state index contributed by atoms with van der Waals surface area (Å²) in [5.41, 5.74) is 7.96. The van der Waals surface area contributed by atoms with Crippen LogP contribution in [0.1, 0.15) is 11.1 Å². The maximum absolute atomic E-state index is 5.47. The van der Waals surface area contributed by atoms with E-state index in [9.17, 15) is 0 Å². The summed E-state index contributed by atoms with van der Waals surface area (Å²) in [4.78, 5) is 1.85. The minimum atomic E-state index is 0.431. The Kier molecular flexibility index (Phi) is 3.25. The Morgan fingerprint density at radius 3 is 2.38 bits per heavy atom. The van der Waals surface area contributed by atoms with E-state index in [0.29, 0.717) is 5.11 Å². The molecule has 0 bridgehead atoms. The van der Waals surface area contributed by atoms with Crippen molar-refractivity contribution in [1.29, 1.82) is 0 Å². The third-order valence-corrected chi connectivity index (χ3v) is 2.23. The van der Waals surface area contributed by atoms with Gasteiger partial charge in [-0.15, -0.1) is 0 Å². The van der Waals surface area contributed by atoms with E-state index >= 15 is 0 Å². The second kappa shape index (κ2) is 4.23. The molecular weight excluding hydrogens is 180 g/mol. The predicted molar refractivity (Wildman–Crippen MR) is 59.4 cm³/mol. The molecule has 0 unspecified atom stereocenters. The summed E-state index contributed by atoms with van der Waals surface area (Å²) in [6.07, 6.45) is 0. The van der Waals surface area contributed by atoms with Crippen molar-refractivity contribution in [3.63, 3.8) is 0 Å². The molecule has 2 N–H and O–H groups in total. The monoisotopic (exact) mass is 194 g/mol. The van der Waals surface area contributed by atoms with Crippen molar-refractivity contribution in [2.45, 2.75) is 13.5 Å².